The van der Waals surface area contributed by atoms with E-state index in [-0.39, 0.29) is 23.4 Å². The molecule has 2 rings (SSSR count). The molecule has 0 amide bonds. The highest BCUT2D eigenvalue weighted by Gasteiger charge is 2.12. The Morgan fingerprint density at radius 3 is 2.84 bits per heavy atom. The molecule has 0 bridgehead atoms. The monoisotopic (exact) mass is 260 g/mol. The Hall–Kier alpha value is -2.63. The number of aromatic nitrogens is 2. The van der Waals surface area contributed by atoms with E-state index in [2.05, 4.69) is 5.10 Å². The Morgan fingerprint density at radius 1 is 1.42 bits per heavy atom. The second-order valence-electron chi connectivity index (χ2n) is 3.86. The van der Waals surface area contributed by atoms with Gasteiger partial charge in [0.2, 0.25) is 0 Å². The number of methoxy groups -OCH3 is 1. The first-order valence-electron chi connectivity index (χ1n) is 5.54. The van der Waals surface area contributed by atoms with Gasteiger partial charge in [-0.2, -0.15) is 5.10 Å². The fourth-order valence-corrected chi connectivity index (χ4v) is 1.70. The molecule has 1 aromatic carbocycles. The summed E-state index contributed by atoms with van der Waals surface area (Å²) in [5.74, 6) is -0.795. The van der Waals surface area contributed by atoms with E-state index in [1.807, 2.05) is 0 Å². The van der Waals surface area contributed by atoms with Crippen LogP contribution in [0.1, 0.15) is 15.9 Å². The zero-order chi connectivity index (χ0) is 13.8. The number of hydrogen-bond acceptors (Lipinski definition) is 4. The molecule has 19 heavy (non-hydrogen) atoms. The van der Waals surface area contributed by atoms with Crippen LogP contribution in [0.15, 0.2) is 41.3 Å². The van der Waals surface area contributed by atoms with E-state index >= 15 is 0 Å². The van der Waals surface area contributed by atoms with Crippen molar-refractivity contribution in [1.29, 1.82) is 0 Å². The highest BCUT2D eigenvalue weighted by Crippen LogP contribution is 2.20. The van der Waals surface area contributed by atoms with E-state index in [9.17, 15) is 9.59 Å². The van der Waals surface area contributed by atoms with Crippen LogP contribution in [0.2, 0.25) is 0 Å². The third-order valence-electron chi connectivity index (χ3n) is 2.61. The molecule has 6 heteroatoms. The summed E-state index contributed by atoms with van der Waals surface area (Å²) in [6, 6.07) is 7.69. The summed E-state index contributed by atoms with van der Waals surface area (Å²) in [6.07, 6.45) is 1.50. The van der Waals surface area contributed by atoms with Crippen LogP contribution < -0.4 is 10.3 Å². The number of benzene rings is 1. The van der Waals surface area contributed by atoms with E-state index in [0.717, 1.165) is 0 Å². The fraction of sp³-hybridized carbons (Fsp3) is 0.154. The average Bonchev–Trinajstić information content (AvgIpc) is 2.41. The third-order valence-corrected chi connectivity index (χ3v) is 2.61. The molecule has 0 saturated carbocycles. The van der Waals surface area contributed by atoms with Crippen LogP contribution in [0.5, 0.6) is 5.75 Å². The Labute approximate surface area is 108 Å². The van der Waals surface area contributed by atoms with Crippen LogP contribution in [0, 0.1) is 0 Å². The van der Waals surface area contributed by atoms with Gasteiger partial charge in [-0.15, -0.1) is 0 Å². The minimum Gasteiger partial charge on any atom is -0.496 e. The molecular formula is C13H12N2O4. The molecule has 0 aliphatic rings. The van der Waals surface area contributed by atoms with Crippen molar-refractivity contribution in [3.63, 3.8) is 0 Å². The van der Waals surface area contributed by atoms with Crippen molar-refractivity contribution in [2.75, 3.05) is 7.11 Å². The van der Waals surface area contributed by atoms with Gasteiger partial charge in [0.15, 0.2) is 0 Å². The van der Waals surface area contributed by atoms with Gasteiger partial charge in [-0.25, -0.2) is 9.48 Å². The van der Waals surface area contributed by atoms with Gasteiger partial charge in [-0.05, 0) is 23.8 Å². The Kier molecular flexibility index (Phi) is 3.61. The molecule has 6 nitrogen and oxygen atoms in total. The molecule has 98 valence electrons. The van der Waals surface area contributed by atoms with Crippen molar-refractivity contribution in [1.82, 2.24) is 9.78 Å². The second-order valence-corrected chi connectivity index (χ2v) is 3.86. The molecule has 1 N–H and O–H groups in total. The number of aromatic carboxylic acids is 1. The quantitative estimate of drug-likeness (QED) is 0.886. The number of carbonyl (C=O) groups is 1. The fourth-order valence-electron chi connectivity index (χ4n) is 1.70. The second kappa shape index (κ2) is 5.34. The largest absolute Gasteiger partial charge is 0.496 e. The zero-order valence-corrected chi connectivity index (χ0v) is 10.2. The predicted octanol–water partition coefficient (Wildman–Crippen LogP) is 0.998. The molecular weight excluding hydrogens is 248 g/mol. The van der Waals surface area contributed by atoms with Gasteiger partial charge in [0.1, 0.15) is 11.3 Å². The standard InChI is InChI=1S/C13H12N2O4/c1-19-11-5-4-9(7-10(11)13(17)18)8-15-12(16)3-2-6-14-15/h2-7H,8H2,1H3,(H,17,18). The lowest BCUT2D eigenvalue weighted by molar-refractivity contribution is 0.0693. The molecule has 0 aliphatic carbocycles. The maximum atomic E-state index is 11.5. The molecule has 0 radical (unpaired) electrons. The molecule has 0 spiro atoms. The summed E-state index contributed by atoms with van der Waals surface area (Å²) in [7, 11) is 1.41. The summed E-state index contributed by atoms with van der Waals surface area (Å²) < 4.78 is 6.23. The van der Waals surface area contributed by atoms with Crippen molar-refractivity contribution < 1.29 is 14.6 Å². The molecule has 2 aromatic rings. The lowest BCUT2D eigenvalue weighted by Crippen LogP contribution is -2.21. The van der Waals surface area contributed by atoms with Gasteiger partial charge in [0.05, 0.1) is 13.7 Å². The first-order valence-corrected chi connectivity index (χ1v) is 5.54. The average molecular weight is 260 g/mol. The van der Waals surface area contributed by atoms with Crippen molar-refractivity contribution in [2.24, 2.45) is 0 Å². The first-order chi connectivity index (χ1) is 9.11. The summed E-state index contributed by atoms with van der Waals surface area (Å²) in [6.45, 7) is 0.212. The molecule has 0 atom stereocenters. The maximum absolute atomic E-state index is 11.5. The van der Waals surface area contributed by atoms with E-state index in [1.165, 1.54) is 30.1 Å². The Morgan fingerprint density at radius 2 is 2.21 bits per heavy atom. The van der Waals surface area contributed by atoms with Crippen LogP contribution in [-0.2, 0) is 6.54 Å². The molecule has 0 unspecified atom stereocenters. The Bertz CT molecular complexity index is 664. The van der Waals surface area contributed by atoms with Crippen molar-refractivity contribution in [3.8, 4) is 5.75 Å². The van der Waals surface area contributed by atoms with Crippen LogP contribution in [0.3, 0.4) is 0 Å². The van der Waals surface area contributed by atoms with Crippen LogP contribution in [0.25, 0.3) is 0 Å². The summed E-state index contributed by atoms with van der Waals surface area (Å²) in [5.41, 5.74) is 0.484. The van der Waals surface area contributed by atoms with E-state index < -0.39 is 5.97 Å². The van der Waals surface area contributed by atoms with Crippen molar-refractivity contribution >= 4 is 5.97 Å². The number of rotatable bonds is 4. The smallest absolute Gasteiger partial charge is 0.339 e. The predicted molar refractivity (Wildman–Crippen MR) is 67.6 cm³/mol. The molecule has 0 aliphatic heterocycles. The molecule has 0 fully saturated rings. The summed E-state index contributed by atoms with van der Waals surface area (Å²) in [5, 5.41) is 13.0. The topological polar surface area (TPSA) is 81.4 Å². The van der Waals surface area contributed by atoms with E-state index in [1.54, 1.807) is 18.2 Å². The lowest BCUT2D eigenvalue weighted by atomic mass is 10.1. The number of hydrogen-bond donors (Lipinski definition) is 1. The number of carboxylic acid groups (broad SMARTS) is 1. The SMILES string of the molecule is COc1ccc(Cn2ncccc2=O)cc1C(=O)O. The number of nitrogens with zero attached hydrogens (tertiary/aromatic N) is 2. The molecule has 1 aromatic heterocycles. The van der Waals surface area contributed by atoms with E-state index in [4.69, 9.17) is 9.84 Å². The highest BCUT2D eigenvalue weighted by molar-refractivity contribution is 5.91. The van der Waals surface area contributed by atoms with Gasteiger partial charge < -0.3 is 9.84 Å². The summed E-state index contributed by atoms with van der Waals surface area (Å²) in [4.78, 5) is 22.6. The molecule has 1 heterocycles. The lowest BCUT2D eigenvalue weighted by Gasteiger charge is -2.08. The molecule has 0 saturated heterocycles. The number of ether oxygens (including phenoxy) is 1. The third kappa shape index (κ3) is 2.79. The maximum Gasteiger partial charge on any atom is 0.339 e. The van der Waals surface area contributed by atoms with Crippen LogP contribution in [0.4, 0.5) is 0 Å². The zero-order valence-electron chi connectivity index (χ0n) is 10.2. The first kappa shape index (κ1) is 12.8. The minimum absolute atomic E-state index is 0.0592. The van der Waals surface area contributed by atoms with Gasteiger partial charge in [-0.1, -0.05) is 6.07 Å². The van der Waals surface area contributed by atoms with Gasteiger partial charge in [0.25, 0.3) is 5.56 Å². The van der Waals surface area contributed by atoms with Gasteiger partial charge in [0, 0.05) is 12.3 Å². The summed E-state index contributed by atoms with van der Waals surface area (Å²) >= 11 is 0. The van der Waals surface area contributed by atoms with Crippen LogP contribution >= 0.6 is 0 Å². The minimum atomic E-state index is -1.08. The van der Waals surface area contributed by atoms with Crippen molar-refractivity contribution in [3.05, 3.63) is 58.0 Å². The van der Waals surface area contributed by atoms with Gasteiger partial charge >= 0.3 is 5.97 Å². The number of carboxylic acids is 1. The van der Waals surface area contributed by atoms with Gasteiger partial charge in [-0.3, -0.25) is 4.79 Å². The Balaban J connectivity index is 2.37. The van der Waals surface area contributed by atoms with E-state index in [0.29, 0.717) is 5.56 Å². The normalized spacial score (nSPS) is 10.2. The van der Waals surface area contributed by atoms with Crippen molar-refractivity contribution in [2.45, 2.75) is 6.54 Å². The van der Waals surface area contributed by atoms with Crippen LogP contribution in [-0.4, -0.2) is 28.0 Å². The highest BCUT2D eigenvalue weighted by atomic mass is 16.5.